The van der Waals surface area contributed by atoms with Crippen LogP contribution in [0.4, 0.5) is 23.2 Å². The van der Waals surface area contributed by atoms with E-state index in [-0.39, 0.29) is 5.69 Å². The number of alkyl halides is 2. The van der Waals surface area contributed by atoms with E-state index >= 15 is 0 Å². The van der Waals surface area contributed by atoms with Gasteiger partial charge in [0.15, 0.2) is 11.6 Å². The highest BCUT2D eigenvalue weighted by Gasteiger charge is 2.12. The lowest BCUT2D eigenvalue weighted by molar-refractivity contribution is -0.0501. The predicted molar refractivity (Wildman–Crippen MR) is 42.5 cm³/mol. The average molecular weight is 209 g/mol. The molecule has 6 heteroatoms. The van der Waals surface area contributed by atoms with Crippen molar-refractivity contribution in [1.82, 2.24) is 0 Å². The molecule has 0 saturated heterocycles. The van der Waals surface area contributed by atoms with Gasteiger partial charge >= 0.3 is 6.61 Å². The molecule has 0 heterocycles. The van der Waals surface area contributed by atoms with Crippen LogP contribution >= 0.6 is 0 Å². The Morgan fingerprint density at radius 2 is 1.71 bits per heavy atom. The van der Waals surface area contributed by atoms with E-state index in [1.54, 1.807) is 0 Å². The van der Waals surface area contributed by atoms with Crippen LogP contribution in [0.2, 0.25) is 0 Å². The van der Waals surface area contributed by atoms with Crippen LogP contribution in [0.1, 0.15) is 0 Å². The number of anilines is 1. The Bertz CT molecular complexity index is 306. The molecule has 0 saturated carbocycles. The largest absolute Gasteiger partial charge is 0.435 e. The third-order valence-electron chi connectivity index (χ3n) is 1.49. The number of hydrogen-bond donors (Lipinski definition) is 1. The van der Waals surface area contributed by atoms with E-state index in [9.17, 15) is 17.6 Å². The minimum atomic E-state index is -3.10. The molecule has 1 N–H and O–H groups in total. The van der Waals surface area contributed by atoms with Crippen LogP contribution in [0.25, 0.3) is 0 Å². The Balaban J connectivity index is 3.01. The van der Waals surface area contributed by atoms with Crippen molar-refractivity contribution in [2.45, 2.75) is 6.61 Å². The Morgan fingerprint density at radius 1 is 1.21 bits per heavy atom. The molecule has 0 atom stereocenters. The molecule has 0 bridgehead atoms. The molecule has 14 heavy (non-hydrogen) atoms. The molecule has 1 aromatic carbocycles. The van der Waals surface area contributed by atoms with Crippen molar-refractivity contribution in [3.63, 3.8) is 0 Å². The third-order valence-corrected chi connectivity index (χ3v) is 1.49. The number of nitrogens with one attached hydrogen (secondary N) is 1. The molecule has 0 fully saturated rings. The summed E-state index contributed by atoms with van der Waals surface area (Å²) in [5.41, 5.74) is -0.383. The van der Waals surface area contributed by atoms with Gasteiger partial charge in [0.2, 0.25) is 0 Å². The summed E-state index contributed by atoms with van der Waals surface area (Å²) < 4.78 is 53.1. The third kappa shape index (κ3) is 2.27. The Labute approximate surface area is 77.5 Å². The van der Waals surface area contributed by atoms with Gasteiger partial charge in [-0.3, -0.25) is 0 Å². The number of halogens is 4. The molecular formula is C8H7F4NO. The summed E-state index contributed by atoms with van der Waals surface area (Å²) in [5, 5.41) is 2.25. The Kier molecular flexibility index (Phi) is 3.16. The van der Waals surface area contributed by atoms with Crippen LogP contribution in [0.15, 0.2) is 12.1 Å². The lowest BCUT2D eigenvalue weighted by Crippen LogP contribution is -2.04. The van der Waals surface area contributed by atoms with Gasteiger partial charge in [-0.05, 0) is 0 Å². The minimum Gasteiger partial charge on any atom is -0.435 e. The van der Waals surface area contributed by atoms with E-state index in [1.165, 1.54) is 7.05 Å². The van der Waals surface area contributed by atoms with Gasteiger partial charge in [-0.2, -0.15) is 8.78 Å². The highest BCUT2D eigenvalue weighted by molar-refractivity contribution is 5.49. The first-order valence-corrected chi connectivity index (χ1v) is 3.66. The zero-order valence-electron chi connectivity index (χ0n) is 7.15. The first-order chi connectivity index (χ1) is 6.54. The summed E-state index contributed by atoms with van der Waals surface area (Å²) in [6.45, 7) is -3.10. The monoisotopic (exact) mass is 209 g/mol. The number of benzene rings is 1. The standard InChI is InChI=1S/C8H7F4NO/c1-13-7-5(9)2-4(3-6(7)10)14-8(11)12/h2-3,8,13H,1H3. The topological polar surface area (TPSA) is 21.3 Å². The molecule has 0 aliphatic heterocycles. The zero-order valence-corrected chi connectivity index (χ0v) is 7.15. The second-order valence-corrected chi connectivity index (χ2v) is 2.39. The Hall–Kier alpha value is -1.46. The van der Waals surface area contributed by atoms with Gasteiger partial charge in [-0.15, -0.1) is 0 Å². The second kappa shape index (κ2) is 4.17. The molecule has 0 aliphatic rings. The van der Waals surface area contributed by atoms with Crippen LogP contribution in [0.5, 0.6) is 5.75 Å². The average Bonchev–Trinajstić information content (AvgIpc) is 2.01. The molecule has 0 aliphatic carbocycles. The number of ether oxygens (including phenoxy) is 1. The number of hydrogen-bond acceptors (Lipinski definition) is 2. The van der Waals surface area contributed by atoms with Gasteiger partial charge in [-0.25, -0.2) is 8.78 Å². The van der Waals surface area contributed by atoms with E-state index < -0.39 is 24.0 Å². The summed E-state index contributed by atoms with van der Waals surface area (Å²) in [7, 11) is 1.31. The maximum absolute atomic E-state index is 12.9. The van der Waals surface area contributed by atoms with Crippen molar-refractivity contribution in [1.29, 1.82) is 0 Å². The van der Waals surface area contributed by atoms with Crippen LogP contribution in [-0.4, -0.2) is 13.7 Å². The van der Waals surface area contributed by atoms with Crippen molar-refractivity contribution in [2.24, 2.45) is 0 Å². The van der Waals surface area contributed by atoms with Crippen molar-refractivity contribution >= 4 is 5.69 Å². The summed E-state index contributed by atoms with van der Waals surface area (Å²) in [5.74, 6) is -2.51. The van der Waals surface area contributed by atoms with Gasteiger partial charge in [0.05, 0.1) is 0 Å². The predicted octanol–water partition coefficient (Wildman–Crippen LogP) is 2.61. The van der Waals surface area contributed by atoms with E-state index in [0.29, 0.717) is 12.1 Å². The molecule has 1 aromatic rings. The molecule has 2 nitrogen and oxygen atoms in total. The van der Waals surface area contributed by atoms with E-state index in [4.69, 9.17) is 0 Å². The van der Waals surface area contributed by atoms with E-state index in [0.717, 1.165) is 0 Å². The van der Waals surface area contributed by atoms with Gasteiger partial charge in [0, 0.05) is 19.2 Å². The smallest absolute Gasteiger partial charge is 0.387 e. The van der Waals surface area contributed by atoms with Crippen LogP contribution < -0.4 is 10.1 Å². The van der Waals surface area contributed by atoms with Gasteiger partial charge in [0.1, 0.15) is 11.4 Å². The minimum absolute atomic E-state index is 0.383. The summed E-state index contributed by atoms with van der Waals surface area (Å²) in [4.78, 5) is 0. The fraction of sp³-hybridized carbons (Fsp3) is 0.250. The first kappa shape index (κ1) is 10.6. The maximum atomic E-state index is 12.9. The molecule has 0 amide bonds. The SMILES string of the molecule is CNc1c(F)cc(OC(F)F)cc1F. The van der Waals surface area contributed by atoms with Crippen molar-refractivity contribution in [3.05, 3.63) is 23.8 Å². The normalized spacial score (nSPS) is 10.4. The fourth-order valence-corrected chi connectivity index (χ4v) is 0.960. The highest BCUT2D eigenvalue weighted by Crippen LogP contribution is 2.25. The molecule has 0 spiro atoms. The highest BCUT2D eigenvalue weighted by atomic mass is 19.3. The molecule has 1 rings (SSSR count). The van der Waals surface area contributed by atoms with Crippen LogP contribution in [0.3, 0.4) is 0 Å². The first-order valence-electron chi connectivity index (χ1n) is 3.66. The second-order valence-electron chi connectivity index (χ2n) is 2.39. The maximum Gasteiger partial charge on any atom is 0.387 e. The lowest BCUT2D eigenvalue weighted by Gasteiger charge is -2.08. The molecule has 0 aromatic heterocycles. The molecule has 0 unspecified atom stereocenters. The lowest BCUT2D eigenvalue weighted by atomic mass is 10.2. The molecule has 78 valence electrons. The van der Waals surface area contributed by atoms with Crippen LogP contribution in [-0.2, 0) is 0 Å². The zero-order chi connectivity index (χ0) is 10.7. The van der Waals surface area contributed by atoms with Gasteiger partial charge in [-0.1, -0.05) is 0 Å². The number of rotatable bonds is 3. The van der Waals surface area contributed by atoms with E-state index in [2.05, 4.69) is 10.1 Å². The fourth-order valence-electron chi connectivity index (χ4n) is 0.960. The quantitative estimate of drug-likeness (QED) is 0.772. The van der Waals surface area contributed by atoms with Crippen molar-refractivity contribution in [3.8, 4) is 5.75 Å². The van der Waals surface area contributed by atoms with Gasteiger partial charge < -0.3 is 10.1 Å². The Morgan fingerprint density at radius 3 is 2.07 bits per heavy atom. The summed E-state index contributed by atoms with van der Waals surface area (Å²) >= 11 is 0. The molecule has 0 radical (unpaired) electrons. The van der Waals surface area contributed by atoms with E-state index in [1.807, 2.05) is 0 Å². The van der Waals surface area contributed by atoms with Crippen molar-refractivity contribution in [2.75, 3.05) is 12.4 Å². The van der Waals surface area contributed by atoms with Crippen molar-refractivity contribution < 1.29 is 22.3 Å². The summed E-state index contributed by atoms with van der Waals surface area (Å²) in [6.07, 6.45) is 0. The summed E-state index contributed by atoms with van der Waals surface area (Å²) in [6, 6.07) is 1.36. The molecular weight excluding hydrogens is 202 g/mol. The van der Waals surface area contributed by atoms with Crippen LogP contribution in [0, 0.1) is 11.6 Å². The van der Waals surface area contributed by atoms with Gasteiger partial charge in [0.25, 0.3) is 0 Å².